The predicted octanol–water partition coefficient (Wildman–Crippen LogP) is 3.69. The Labute approximate surface area is 150 Å². The fourth-order valence-corrected chi connectivity index (χ4v) is 2.11. The van der Waals surface area contributed by atoms with Crippen molar-refractivity contribution < 1.29 is 27.9 Å². The van der Waals surface area contributed by atoms with E-state index in [1.54, 1.807) is 0 Å². The van der Waals surface area contributed by atoms with Crippen LogP contribution in [0.5, 0.6) is 11.5 Å². The summed E-state index contributed by atoms with van der Waals surface area (Å²) in [5.74, 6) is -0.511. The molecule has 0 unspecified atom stereocenters. The summed E-state index contributed by atoms with van der Waals surface area (Å²) in [7, 11) is 0. The van der Waals surface area contributed by atoms with Crippen LogP contribution in [0.4, 0.5) is 24.5 Å². The highest BCUT2D eigenvalue weighted by molar-refractivity contribution is 7.80. The third-order valence-electron chi connectivity index (χ3n) is 3.06. The molecule has 0 fully saturated rings. The number of ether oxygens (including phenoxy) is 1. The topological polar surface area (TPSA) is 96.7 Å². The van der Waals surface area contributed by atoms with E-state index in [1.165, 1.54) is 30.3 Å². The number of benzene rings is 2. The van der Waals surface area contributed by atoms with Crippen LogP contribution >= 0.6 is 12.2 Å². The Morgan fingerprint density at radius 2 is 1.88 bits per heavy atom. The second kappa shape index (κ2) is 7.87. The average molecular weight is 387 g/mol. The van der Waals surface area contributed by atoms with E-state index in [0.717, 1.165) is 12.1 Å². The van der Waals surface area contributed by atoms with E-state index >= 15 is 0 Å². The highest BCUT2D eigenvalue weighted by Gasteiger charge is 2.30. The Morgan fingerprint density at radius 3 is 2.46 bits per heavy atom. The molecule has 2 aromatic carbocycles. The van der Waals surface area contributed by atoms with Gasteiger partial charge in [-0.05, 0) is 42.5 Å². The van der Waals surface area contributed by atoms with Crippen molar-refractivity contribution in [3.8, 4) is 11.5 Å². The molecule has 0 aromatic heterocycles. The number of aromatic hydroxyl groups is 1. The summed E-state index contributed by atoms with van der Waals surface area (Å²) in [6.45, 7) is 0.00855. The molecule has 0 bridgehead atoms. The number of nitro groups is 1. The van der Waals surface area contributed by atoms with Crippen LogP contribution in [0.1, 0.15) is 5.56 Å². The number of hydrogen-bond donors (Lipinski definition) is 3. The van der Waals surface area contributed by atoms with Gasteiger partial charge in [-0.3, -0.25) is 10.1 Å². The van der Waals surface area contributed by atoms with E-state index in [1.807, 2.05) is 0 Å². The number of nitrogens with zero attached hydrogens (tertiary/aromatic N) is 1. The number of thiocarbonyl (C=S) groups is 1. The molecule has 26 heavy (non-hydrogen) atoms. The molecule has 0 saturated carbocycles. The number of rotatable bonds is 5. The van der Waals surface area contributed by atoms with Crippen molar-refractivity contribution in [3.63, 3.8) is 0 Å². The van der Waals surface area contributed by atoms with Gasteiger partial charge in [-0.2, -0.15) is 0 Å². The standard InChI is InChI=1S/C15H12F3N3O4S/c16-15(17,18)25-12-4-1-10(2-5-12)20-14(26)19-8-9-7-11(21(23)24)3-6-13(9)22/h1-7,22H,8H2,(H2,19,20,26). The second-order valence-corrected chi connectivity index (χ2v) is 5.36. The molecule has 0 amide bonds. The maximum absolute atomic E-state index is 12.1. The third-order valence-corrected chi connectivity index (χ3v) is 3.31. The summed E-state index contributed by atoms with van der Waals surface area (Å²) in [5.41, 5.74) is 0.483. The molecule has 138 valence electrons. The quantitative estimate of drug-likeness (QED) is 0.409. The molecule has 0 atom stereocenters. The maximum atomic E-state index is 12.1. The van der Waals surface area contributed by atoms with Gasteiger partial charge in [-0.15, -0.1) is 13.2 Å². The first kappa shape index (κ1) is 19.2. The molecule has 2 rings (SSSR count). The molecular formula is C15H12F3N3O4S. The Kier molecular flexibility index (Phi) is 5.82. The number of nitro benzene ring substituents is 1. The molecule has 3 N–H and O–H groups in total. The van der Waals surface area contributed by atoms with Crippen LogP contribution in [0.3, 0.4) is 0 Å². The van der Waals surface area contributed by atoms with Gasteiger partial charge < -0.3 is 20.5 Å². The predicted molar refractivity (Wildman–Crippen MR) is 90.9 cm³/mol. The van der Waals surface area contributed by atoms with Gasteiger partial charge in [-0.25, -0.2) is 0 Å². The molecule has 0 saturated heterocycles. The lowest BCUT2D eigenvalue weighted by molar-refractivity contribution is -0.384. The molecule has 0 aliphatic rings. The summed E-state index contributed by atoms with van der Waals surface area (Å²) in [6.07, 6.45) is -4.77. The highest BCUT2D eigenvalue weighted by atomic mass is 32.1. The van der Waals surface area contributed by atoms with Gasteiger partial charge in [0.25, 0.3) is 5.69 Å². The monoisotopic (exact) mass is 387 g/mol. The van der Waals surface area contributed by atoms with E-state index in [9.17, 15) is 28.4 Å². The fourth-order valence-electron chi connectivity index (χ4n) is 1.92. The first-order valence-corrected chi connectivity index (χ1v) is 7.42. The zero-order valence-corrected chi connectivity index (χ0v) is 13.7. The lowest BCUT2D eigenvalue weighted by atomic mass is 10.2. The van der Waals surface area contributed by atoms with Crippen LogP contribution in [0.25, 0.3) is 0 Å². The normalized spacial score (nSPS) is 10.9. The number of nitrogens with one attached hydrogen (secondary N) is 2. The van der Waals surface area contributed by atoms with E-state index in [0.29, 0.717) is 5.69 Å². The van der Waals surface area contributed by atoms with E-state index in [2.05, 4.69) is 15.4 Å². The minimum atomic E-state index is -4.77. The van der Waals surface area contributed by atoms with E-state index in [-0.39, 0.29) is 34.4 Å². The summed E-state index contributed by atoms with van der Waals surface area (Å²) in [6, 6.07) is 8.47. The number of non-ortho nitro benzene ring substituents is 1. The van der Waals surface area contributed by atoms with Crippen LogP contribution in [0.15, 0.2) is 42.5 Å². The maximum Gasteiger partial charge on any atom is 0.573 e. The SMILES string of the molecule is O=[N+]([O-])c1ccc(O)c(CNC(=S)Nc2ccc(OC(F)(F)F)cc2)c1. The molecular weight excluding hydrogens is 375 g/mol. The lowest BCUT2D eigenvalue weighted by Gasteiger charge is -2.12. The smallest absolute Gasteiger partial charge is 0.508 e. The molecule has 0 heterocycles. The van der Waals surface area contributed by atoms with Gasteiger partial charge in [-0.1, -0.05) is 0 Å². The minimum absolute atomic E-state index is 0.00855. The van der Waals surface area contributed by atoms with Crippen molar-refractivity contribution in [3.05, 3.63) is 58.1 Å². The van der Waals surface area contributed by atoms with Crippen LogP contribution in [-0.2, 0) is 6.54 Å². The number of phenolic OH excluding ortho intramolecular Hbond substituents is 1. The molecule has 0 spiro atoms. The van der Waals surface area contributed by atoms with Gasteiger partial charge in [0.1, 0.15) is 11.5 Å². The molecule has 0 aliphatic heterocycles. The zero-order valence-electron chi connectivity index (χ0n) is 12.9. The summed E-state index contributed by atoms with van der Waals surface area (Å²) < 4.78 is 40.0. The van der Waals surface area contributed by atoms with Crippen molar-refractivity contribution >= 4 is 28.7 Å². The van der Waals surface area contributed by atoms with Crippen LogP contribution in [0.2, 0.25) is 0 Å². The molecule has 11 heteroatoms. The number of hydrogen-bond acceptors (Lipinski definition) is 5. The third kappa shape index (κ3) is 5.77. The number of phenols is 1. The lowest BCUT2D eigenvalue weighted by Crippen LogP contribution is -2.27. The molecule has 7 nitrogen and oxygen atoms in total. The van der Waals surface area contributed by atoms with Gasteiger partial charge in [0, 0.05) is 29.9 Å². The molecule has 2 aromatic rings. The van der Waals surface area contributed by atoms with Crippen molar-refractivity contribution in [2.45, 2.75) is 12.9 Å². The second-order valence-electron chi connectivity index (χ2n) is 4.95. The number of alkyl halides is 3. The Bertz CT molecular complexity index is 813. The van der Waals surface area contributed by atoms with Crippen molar-refractivity contribution in [1.82, 2.24) is 5.32 Å². The van der Waals surface area contributed by atoms with Crippen molar-refractivity contribution in [1.29, 1.82) is 0 Å². The highest BCUT2D eigenvalue weighted by Crippen LogP contribution is 2.24. The first-order chi connectivity index (χ1) is 12.1. The first-order valence-electron chi connectivity index (χ1n) is 7.01. The summed E-state index contributed by atoms with van der Waals surface area (Å²) in [4.78, 5) is 10.1. The Balaban J connectivity index is 1.93. The minimum Gasteiger partial charge on any atom is -0.508 e. The van der Waals surface area contributed by atoms with E-state index < -0.39 is 11.3 Å². The van der Waals surface area contributed by atoms with Gasteiger partial charge in [0.15, 0.2) is 5.11 Å². The number of halogens is 3. The zero-order chi connectivity index (χ0) is 19.3. The molecule has 0 radical (unpaired) electrons. The van der Waals surface area contributed by atoms with Gasteiger partial charge in [0.2, 0.25) is 0 Å². The van der Waals surface area contributed by atoms with Crippen LogP contribution in [-0.4, -0.2) is 21.5 Å². The fraction of sp³-hybridized carbons (Fsp3) is 0.133. The van der Waals surface area contributed by atoms with Crippen molar-refractivity contribution in [2.75, 3.05) is 5.32 Å². The Hall–Kier alpha value is -3.08. The van der Waals surface area contributed by atoms with Crippen molar-refractivity contribution in [2.24, 2.45) is 0 Å². The molecule has 0 aliphatic carbocycles. The van der Waals surface area contributed by atoms with E-state index in [4.69, 9.17) is 12.2 Å². The largest absolute Gasteiger partial charge is 0.573 e. The van der Waals surface area contributed by atoms with Crippen LogP contribution < -0.4 is 15.4 Å². The summed E-state index contributed by atoms with van der Waals surface area (Å²) in [5, 5.41) is 26.0. The van der Waals surface area contributed by atoms with Gasteiger partial charge in [0.05, 0.1) is 4.92 Å². The summed E-state index contributed by atoms with van der Waals surface area (Å²) >= 11 is 5.03. The van der Waals surface area contributed by atoms with Gasteiger partial charge >= 0.3 is 6.36 Å². The average Bonchev–Trinajstić information content (AvgIpc) is 2.54. The number of anilines is 1. The van der Waals surface area contributed by atoms with Crippen LogP contribution in [0, 0.1) is 10.1 Å². The Morgan fingerprint density at radius 1 is 1.23 bits per heavy atom.